The predicted molar refractivity (Wildman–Crippen MR) is 72.7 cm³/mol. The van der Waals surface area contributed by atoms with E-state index in [-0.39, 0.29) is 0 Å². The molecule has 2 rings (SSSR count). The fourth-order valence-electron chi connectivity index (χ4n) is 1.52. The molecule has 1 heterocycles. The van der Waals surface area contributed by atoms with Gasteiger partial charge in [-0.05, 0) is 40.0 Å². The van der Waals surface area contributed by atoms with E-state index in [1.165, 1.54) is 6.33 Å². The van der Waals surface area contributed by atoms with Crippen LogP contribution < -0.4 is 11.1 Å². The van der Waals surface area contributed by atoms with Crippen molar-refractivity contribution in [1.82, 2.24) is 9.97 Å². The molecule has 0 amide bonds. The Hall–Kier alpha value is -1.62. The Morgan fingerprint density at radius 2 is 2.24 bits per heavy atom. The number of anilines is 2. The summed E-state index contributed by atoms with van der Waals surface area (Å²) in [5.74, 6) is 0.779. The van der Waals surface area contributed by atoms with E-state index in [0.717, 1.165) is 27.1 Å². The van der Waals surface area contributed by atoms with Gasteiger partial charge in [0.25, 0.3) is 0 Å². The monoisotopic (exact) mass is 292 g/mol. The van der Waals surface area contributed by atoms with E-state index in [0.29, 0.717) is 6.54 Å². The third kappa shape index (κ3) is 2.74. The van der Waals surface area contributed by atoms with Crippen LogP contribution in [0.5, 0.6) is 0 Å². The molecule has 0 aliphatic heterocycles. The zero-order chi connectivity index (χ0) is 12.3. The number of nitrogens with one attached hydrogen (secondary N) is 1. The van der Waals surface area contributed by atoms with Crippen molar-refractivity contribution in [1.29, 1.82) is 0 Å². The first-order chi connectivity index (χ1) is 8.18. The first-order valence-corrected chi connectivity index (χ1v) is 6.01. The van der Waals surface area contributed by atoms with Crippen molar-refractivity contribution in [3.05, 3.63) is 46.3 Å². The Kier molecular flexibility index (Phi) is 3.58. The first-order valence-electron chi connectivity index (χ1n) is 5.22. The number of hydrogen-bond acceptors (Lipinski definition) is 4. The Bertz CT molecular complexity index is 528. The quantitative estimate of drug-likeness (QED) is 0.854. The summed E-state index contributed by atoms with van der Waals surface area (Å²) < 4.78 is 0.849. The van der Waals surface area contributed by atoms with Gasteiger partial charge in [-0.1, -0.05) is 12.1 Å². The van der Waals surface area contributed by atoms with E-state index < -0.39 is 0 Å². The molecule has 1 aromatic carbocycles. The highest BCUT2D eigenvalue weighted by Gasteiger charge is 2.03. The molecule has 0 atom stereocenters. The van der Waals surface area contributed by atoms with Crippen molar-refractivity contribution in [2.75, 3.05) is 11.1 Å². The number of benzene rings is 1. The lowest BCUT2D eigenvalue weighted by atomic mass is 10.1. The summed E-state index contributed by atoms with van der Waals surface area (Å²) in [6.45, 7) is 2.70. The molecule has 88 valence electrons. The smallest absolute Gasteiger partial charge is 0.144 e. The zero-order valence-corrected chi connectivity index (χ0v) is 11.0. The second-order valence-corrected chi connectivity index (χ2v) is 4.56. The van der Waals surface area contributed by atoms with Gasteiger partial charge in [-0.3, -0.25) is 0 Å². The van der Waals surface area contributed by atoms with Crippen LogP contribution in [0.1, 0.15) is 11.1 Å². The van der Waals surface area contributed by atoms with Crippen LogP contribution in [0, 0.1) is 6.92 Å². The predicted octanol–water partition coefficient (Wildman–Crippen LogP) is 2.74. The number of aromatic nitrogens is 2. The molecular formula is C12H13BrN4. The minimum Gasteiger partial charge on any atom is -0.399 e. The summed E-state index contributed by atoms with van der Waals surface area (Å²) in [6, 6.07) is 5.90. The lowest BCUT2D eigenvalue weighted by Gasteiger charge is -2.10. The molecule has 3 N–H and O–H groups in total. The maximum Gasteiger partial charge on any atom is 0.144 e. The van der Waals surface area contributed by atoms with E-state index in [2.05, 4.69) is 31.2 Å². The van der Waals surface area contributed by atoms with Crippen molar-refractivity contribution in [2.45, 2.75) is 13.5 Å². The summed E-state index contributed by atoms with van der Waals surface area (Å²) in [7, 11) is 0. The van der Waals surface area contributed by atoms with Crippen LogP contribution in [-0.2, 0) is 6.54 Å². The third-order valence-electron chi connectivity index (χ3n) is 2.60. The SMILES string of the molecule is Cc1c(N)cccc1CNc1ncncc1Br. The second-order valence-electron chi connectivity index (χ2n) is 3.70. The molecule has 0 saturated carbocycles. The van der Waals surface area contributed by atoms with Crippen molar-refractivity contribution in [2.24, 2.45) is 0 Å². The van der Waals surface area contributed by atoms with Gasteiger partial charge in [-0.15, -0.1) is 0 Å². The number of nitrogens with zero attached hydrogens (tertiary/aromatic N) is 2. The summed E-state index contributed by atoms with van der Waals surface area (Å²) in [5, 5.41) is 3.24. The van der Waals surface area contributed by atoms with Crippen molar-refractivity contribution in [3.8, 4) is 0 Å². The number of halogens is 1. The fourth-order valence-corrected chi connectivity index (χ4v) is 1.88. The van der Waals surface area contributed by atoms with Gasteiger partial charge in [-0.25, -0.2) is 9.97 Å². The maximum absolute atomic E-state index is 5.86. The number of nitrogens with two attached hydrogens (primary N) is 1. The van der Waals surface area contributed by atoms with Crippen molar-refractivity contribution < 1.29 is 0 Å². The molecule has 5 heteroatoms. The van der Waals surface area contributed by atoms with Crippen LogP contribution in [0.25, 0.3) is 0 Å². The van der Waals surface area contributed by atoms with Gasteiger partial charge in [-0.2, -0.15) is 0 Å². The van der Waals surface area contributed by atoms with E-state index in [9.17, 15) is 0 Å². The summed E-state index contributed by atoms with van der Waals surface area (Å²) in [4.78, 5) is 8.06. The molecule has 0 spiro atoms. The first kappa shape index (κ1) is 11.9. The summed E-state index contributed by atoms with van der Waals surface area (Å²) in [5.41, 5.74) is 8.93. The summed E-state index contributed by atoms with van der Waals surface area (Å²) >= 11 is 3.39. The number of hydrogen-bond donors (Lipinski definition) is 2. The van der Waals surface area contributed by atoms with Crippen molar-refractivity contribution in [3.63, 3.8) is 0 Å². The lowest BCUT2D eigenvalue weighted by Crippen LogP contribution is -2.05. The van der Waals surface area contributed by atoms with Crippen LogP contribution in [0.2, 0.25) is 0 Å². The lowest BCUT2D eigenvalue weighted by molar-refractivity contribution is 1.06. The molecular weight excluding hydrogens is 280 g/mol. The molecule has 0 bridgehead atoms. The van der Waals surface area contributed by atoms with E-state index in [4.69, 9.17) is 5.73 Å². The Morgan fingerprint density at radius 1 is 1.41 bits per heavy atom. The van der Waals surface area contributed by atoms with Crippen LogP contribution in [0.3, 0.4) is 0 Å². The van der Waals surface area contributed by atoms with Gasteiger partial charge in [0, 0.05) is 18.4 Å². The van der Waals surface area contributed by atoms with E-state index in [1.54, 1.807) is 6.20 Å². The molecule has 0 radical (unpaired) electrons. The summed E-state index contributed by atoms with van der Waals surface area (Å²) in [6.07, 6.45) is 3.22. The zero-order valence-electron chi connectivity index (χ0n) is 9.44. The molecule has 0 fully saturated rings. The molecule has 17 heavy (non-hydrogen) atoms. The van der Waals surface area contributed by atoms with E-state index in [1.807, 2.05) is 25.1 Å². The minimum absolute atomic E-state index is 0.687. The number of nitrogen functional groups attached to an aromatic ring is 1. The molecule has 2 aromatic rings. The van der Waals surface area contributed by atoms with Gasteiger partial charge in [0.1, 0.15) is 12.1 Å². The van der Waals surface area contributed by atoms with Crippen molar-refractivity contribution >= 4 is 27.4 Å². The maximum atomic E-state index is 5.86. The highest BCUT2D eigenvalue weighted by Crippen LogP contribution is 2.20. The average Bonchev–Trinajstić information content (AvgIpc) is 2.33. The normalized spacial score (nSPS) is 10.2. The number of rotatable bonds is 3. The Labute approximate surface area is 108 Å². The van der Waals surface area contributed by atoms with Crippen LogP contribution in [-0.4, -0.2) is 9.97 Å². The molecule has 0 aliphatic rings. The standard InChI is InChI=1S/C12H13BrN4/c1-8-9(3-2-4-11(8)14)5-16-12-10(13)6-15-7-17-12/h2-4,6-7H,5,14H2,1H3,(H,15,16,17). The van der Waals surface area contributed by atoms with Gasteiger partial charge >= 0.3 is 0 Å². The van der Waals surface area contributed by atoms with Gasteiger partial charge in [0.15, 0.2) is 0 Å². The second kappa shape index (κ2) is 5.14. The topological polar surface area (TPSA) is 63.8 Å². The van der Waals surface area contributed by atoms with E-state index >= 15 is 0 Å². The van der Waals surface area contributed by atoms with Gasteiger partial charge < -0.3 is 11.1 Å². The largest absolute Gasteiger partial charge is 0.399 e. The average molecular weight is 293 g/mol. The Morgan fingerprint density at radius 3 is 3.00 bits per heavy atom. The fraction of sp³-hybridized carbons (Fsp3) is 0.167. The van der Waals surface area contributed by atoms with Gasteiger partial charge in [0.05, 0.1) is 4.47 Å². The molecule has 0 aliphatic carbocycles. The highest BCUT2D eigenvalue weighted by atomic mass is 79.9. The molecule has 4 nitrogen and oxygen atoms in total. The Balaban J connectivity index is 2.13. The molecule has 0 unspecified atom stereocenters. The van der Waals surface area contributed by atoms with Crippen LogP contribution in [0.15, 0.2) is 35.2 Å². The van der Waals surface area contributed by atoms with Gasteiger partial charge in [0.2, 0.25) is 0 Å². The third-order valence-corrected chi connectivity index (χ3v) is 3.18. The van der Waals surface area contributed by atoms with Crippen LogP contribution >= 0.6 is 15.9 Å². The molecule has 0 saturated heterocycles. The molecule has 1 aromatic heterocycles. The minimum atomic E-state index is 0.687. The van der Waals surface area contributed by atoms with Crippen LogP contribution in [0.4, 0.5) is 11.5 Å². The highest BCUT2D eigenvalue weighted by molar-refractivity contribution is 9.10.